The molecule has 0 bridgehead atoms. The van der Waals surface area contributed by atoms with Gasteiger partial charge in [0.2, 0.25) is 5.91 Å². The molecule has 1 unspecified atom stereocenters. The average Bonchev–Trinajstić information content (AvgIpc) is 2.79. The molecule has 0 aromatic heterocycles. The van der Waals surface area contributed by atoms with Crippen LogP contribution in [0.5, 0.6) is 0 Å². The Morgan fingerprint density at radius 1 is 1.20 bits per heavy atom. The highest BCUT2D eigenvalue weighted by Crippen LogP contribution is 2.28. The Kier molecular flexibility index (Phi) is 5.20. The fourth-order valence-corrected chi connectivity index (χ4v) is 2.59. The van der Waals surface area contributed by atoms with E-state index in [0.29, 0.717) is 5.56 Å². The molecule has 6 nitrogen and oxygen atoms in total. The summed E-state index contributed by atoms with van der Waals surface area (Å²) >= 11 is 0. The smallest absolute Gasteiger partial charge is 0.329 e. The molecule has 25 heavy (non-hydrogen) atoms. The van der Waals surface area contributed by atoms with Crippen molar-refractivity contribution in [3.05, 3.63) is 35.4 Å². The lowest BCUT2D eigenvalue weighted by molar-refractivity contribution is -0.141. The first kappa shape index (κ1) is 19.0. The van der Waals surface area contributed by atoms with Gasteiger partial charge in [0.05, 0.1) is 13.2 Å². The monoisotopic (exact) mass is 346 g/mol. The second-order valence-electron chi connectivity index (χ2n) is 8.11. The number of cyclic esters (lactones) is 1. The molecule has 2 amide bonds. The highest BCUT2D eigenvalue weighted by molar-refractivity contribution is 5.97. The summed E-state index contributed by atoms with van der Waals surface area (Å²) in [6.45, 7) is 10.1. The number of carbonyl (C=O) groups excluding carboxylic acids is 3. The molecular formula is C19H26N2O4. The number of esters is 1. The van der Waals surface area contributed by atoms with E-state index < -0.39 is 23.3 Å². The quantitative estimate of drug-likeness (QED) is 0.814. The summed E-state index contributed by atoms with van der Waals surface area (Å²) < 4.78 is 4.97. The molecule has 1 atom stereocenters. The van der Waals surface area contributed by atoms with E-state index in [0.717, 1.165) is 5.56 Å². The maximum atomic E-state index is 12.2. The molecule has 0 saturated carbocycles. The van der Waals surface area contributed by atoms with Gasteiger partial charge in [0, 0.05) is 11.0 Å². The minimum atomic E-state index is -0.692. The van der Waals surface area contributed by atoms with Crippen LogP contribution in [0.1, 0.15) is 50.5 Å². The lowest BCUT2D eigenvalue weighted by Crippen LogP contribution is -2.49. The number of nitrogens with one attached hydrogen (secondary N) is 2. The lowest BCUT2D eigenvalue weighted by Gasteiger charge is -2.22. The van der Waals surface area contributed by atoms with Crippen molar-refractivity contribution in [1.29, 1.82) is 0 Å². The first-order valence-corrected chi connectivity index (χ1v) is 8.35. The minimum Gasteiger partial charge on any atom is -0.463 e. The Morgan fingerprint density at radius 3 is 2.28 bits per heavy atom. The Morgan fingerprint density at radius 2 is 1.80 bits per heavy atom. The number of ether oxygens (including phenoxy) is 1. The molecule has 1 aliphatic heterocycles. The fraction of sp³-hybridized carbons (Fsp3) is 0.526. The Hall–Kier alpha value is -2.37. The second kappa shape index (κ2) is 6.86. The van der Waals surface area contributed by atoms with Crippen LogP contribution in [0.2, 0.25) is 0 Å². The van der Waals surface area contributed by atoms with Gasteiger partial charge < -0.3 is 15.4 Å². The summed E-state index contributed by atoms with van der Waals surface area (Å²) in [5.74, 6) is -1.19. The van der Waals surface area contributed by atoms with Crippen molar-refractivity contribution in [3.8, 4) is 0 Å². The predicted molar refractivity (Wildman–Crippen MR) is 94.1 cm³/mol. The van der Waals surface area contributed by atoms with Crippen molar-refractivity contribution in [2.75, 3.05) is 13.2 Å². The number of rotatable bonds is 4. The third-order valence-corrected chi connectivity index (χ3v) is 4.33. The van der Waals surface area contributed by atoms with Crippen molar-refractivity contribution in [2.45, 2.75) is 46.1 Å². The average molecular weight is 346 g/mol. The van der Waals surface area contributed by atoms with Gasteiger partial charge in [-0.15, -0.1) is 0 Å². The van der Waals surface area contributed by atoms with Crippen LogP contribution in [0.3, 0.4) is 0 Å². The zero-order chi connectivity index (χ0) is 18.8. The third kappa shape index (κ3) is 4.59. The van der Waals surface area contributed by atoms with Gasteiger partial charge in [-0.3, -0.25) is 9.59 Å². The van der Waals surface area contributed by atoms with Gasteiger partial charge in [-0.25, -0.2) is 4.79 Å². The molecule has 1 aromatic rings. The summed E-state index contributed by atoms with van der Waals surface area (Å²) in [5.41, 5.74) is 1.17. The van der Waals surface area contributed by atoms with E-state index in [2.05, 4.69) is 31.4 Å². The molecule has 0 aliphatic carbocycles. The molecule has 1 fully saturated rings. The van der Waals surface area contributed by atoms with Crippen LogP contribution in [-0.4, -0.2) is 37.0 Å². The zero-order valence-electron chi connectivity index (χ0n) is 15.4. The second-order valence-corrected chi connectivity index (χ2v) is 8.11. The van der Waals surface area contributed by atoms with E-state index in [1.165, 1.54) is 0 Å². The van der Waals surface area contributed by atoms with Crippen molar-refractivity contribution in [1.82, 2.24) is 10.6 Å². The number of benzene rings is 1. The Bertz CT molecular complexity index is 672. The van der Waals surface area contributed by atoms with Gasteiger partial charge in [-0.05, 0) is 23.1 Å². The number of hydrogen-bond acceptors (Lipinski definition) is 4. The molecular weight excluding hydrogens is 320 g/mol. The van der Waals surface area contributed by atoms with Gasteiger partial charge >= 0.3 is 5.97 Å². The van der Waals surface area contributed by atoms with E-state index >= 15 is 0 Å². The Balaban J connectivity index is 1.89. The van der Waals surface area contributed by atoms with E-state index in [1.807, 2.05) is 26.0 Å². The largest absolute Gasteiger partial charge is 0.463 e. The zero-order valence-corrected chi connectivity index (χ0v) is 15.4. The number of amides is 2. The maximum absolute atomic E-state index is 12.2. The molecule has 1 aliphatic rings. The molecule has 2 rings (SSSR count). The van der Waals surface area contributed by atoms with Crippen molar-refractivity contribution in [2.24, 2.45) is 5.41 Å². The molecule has 1 heterocycles. The summed E-state index contributed by atoms with van der Waals surface area (Å²) in [5, 5.41) is 5.20. The van der Waals surface area contributed by atoms with Gasteiger partial charge in [-0.1, -0.05) is 46.8 Å². The Labute approximate surface area is 148 Å². The first-order chi connectivity index (χ1) is 11.5. The maximum Gasteiger partial charge on any atom is 0.329 e. The summed E-state index contributed by atoms with van der Waals surface area (Å²) in [6, 6.07) is 6.61. The standard InChI is InChI=1S/C19H26N2O4/c1-18(2,3)13-8-6-12(7-9-13)16(23)20-10-14(22)21-15-17(24)25-11-19(15,4)5/h6-9,15H,10-11H2,1-5H3,(H,20,23)(H,21,22). The molecule has 1 saturated heterocycles. The molecule has 0 radical (unpaired) electrons. The normalized spacial score (nSPS) is 19.2. The van der Waals surface area contributed by atoms with Gasteiger partial charge in [0.1, 0.15) is 6.04 Å². The molecule has 2 N–H and O–H groups in total. The van der Waals surface area contributed by atoms with Crippen LogP contribution in [0, 0.1) is 5.41 Å². The number of carbonyl (C=O) groups is 3. The van der Waals surface area contributed by atoms with Gasteiger partial charge in [-0.2, -0.15) is 0 Å². The molecule has 1 aromatic carbocycles. The SMILES string of the molecule is CC(C)(C)c1ccc(C(=O)NCC(=O)NC2C(=O)OCC2(C)C)cc1. The van der Waals surface area contributed by atoms with Crippen LogP contribution >= 0.6 is 0 Å². The van der Waals surface area contributed by atoms with Crippen molar-refractivity contribution < 1.29 is 19.1 Å². The van der Waals surface area contributed by atoms with Crippen LogP contribution in [0.4, 0.5) is 0 Å². The fourth-order valence-electron chi connectivity index (χ4n) is 2.59. The van der Waals surface area contributed by atoms with Gasteiger partial charge in [0.25, 0.3) is 5.91 Å². The molecule has 136 valence electrons. The van der Waals surface area contributed by atoms with Crippen LogP contribution in [-0.2, 0) is 19.7 Å². The first-order valence-electron chi connectivity index (χ1n) is 8.35. The summed E-state index contributed by atoms with van der Waals surface area (Å²) in [4.78, 5) is 35.8. The number of hydrogen-bond donors (Lipinski definition) is 2. The lowest BCUT2D eigenvalue weighted by atomic mass is 9.86. The van der Waals surface area contributed by atoms with E-state index in [1.54, 1.807) is 12.1 Å². The van der Waals surface area contributed by atoms with Crippen LogP contribution < -0.4 is 10.6 Å². The minimum absolute atomic E-state index is 0.0115. The van der Waals surface area contributed by atoms with Gasteiger partial charge in [0.15, 0.2) is 0 Å². The van der Waals surface area contributed by atoms with Crippen molar-refractivity contribution >= 4 is 17.8 Å². The molecule has 6 heteroatoms. The third-order valence-electron chi connectivity index (χ3n) is 4.33. The topological polar surface area (TPSA) is 84.5 Å². The van der Waals surface area contributed by atoms with Crippen molar-refractivity contribution in [3.63, 3.8) is 0 Å². The predicted octanol–water partition coefficient (Wildman–Crippen LogP) is 1.78. The van der Waals surface area contributed by atoms with Crippen LogP contribution in [0.15, 0.2) is 24.3 Å². The molecule has 0 spiro atoms. The summed E-state index contributed by atoms with van der Waals surface area (Å²) in [7, 11) is 0. The highest BCUT2D eigenvalue weighted by atomic mass is 16.5. The highest BCUT2D eigenvalue weighted by Gasteiger charge is 2.44. The van der Waals surface area contributed by atoms with E-state index in [9.17, 15) is 14.4 Å². The van der Waals surface area contributed by atoms with Crippen LogP contribution in [0.25, 0.3) is 0 Å². The van der Waals surface area contributed by atoms with E-state index in [-0.39, 0.29) is 24.5 Å². The van der Waals surface area contributed by atoms with E-state index in [4.69, 9.17) is 4.74 Å². The summed E-state index contributed by atoms with van der Waals surface area (Å²) in [6.07, 6.45) is 0.